The second-order valence-corrected chi connectivity index (χ2v) is 7.17. The monoisotopic (exact) mass is 408 g/mol. The van der Waals surface area contributed by atoms with Gasteiger partial charge in [0.2, 0.25) is 0 Å². The van der Waals surface area contributed by atoms with Crippen molar-refractivity contribution in [1.82, 2.24) is 9.80 Å². The average Bonchev–Trinajstić information content (AvgIpc) is 3.18. The number of amides is 1. The van der Waals surface area contributed by atoms with Crippen molar-refractivity contribution in [2.45, 2.75) is 25.5 Å². The minimum absolute atomic E-state index is 0. The van der Waals surface area contributed by atoms with Gasteiger partial charge in [-0.2, -0.15) is 0 Å². The predicted octanol–water partition coefficient (Wildman–Crippen LogP) is 5.17. The SMILES string of the molecule is CN(C(=O)OCc1ccccc1)C(CN1CCCC1)c1cccc(Cl)c1.Cl. The summed E-state index contributed by atoms with van der Waals surface area (Å²) in [6.07, 6.45) is 2.10. The highest BCUT2D eigenvalue weighted by atomic mass is 35.5. The first-order valence-electron chi connectivity index (χ1n) is 9.05. The molecule has 1 aliphatic heterocycles. The molecule has 146 valence electrons. The topological polar surface area (TPSA) is 32.8 Å². The van der Waals surface area contributed by atoms with Gasteiger partial charge in [-0.3, -0.25) is 0 Å². The fourth-order valence-electron chi connectivity index (χ4n) is 3.32. The van der Waals surface area contributed by atoms with E-state index in [-0.39, 0.29) is 31.1 Å². The highest BCUT2D eigenvalue weighted by Gasteiger charge is 2.26. The van der Waals surface area contributed by atoms with Crippen LogP contribution in [0.25, 0.3) is 0 Å². The molecule has 1 atom stereocenters. The Morgan fingerprint density at radius 1 is 1.15 bits per heavy atom. The van der Waals surface area contributed by atoms with Crippen molar-refractivity contribution in [1.29, 1.82) is 0 Å². The second kappa shape index (κ2) is 10.5. The van der Waals surface area contributed by atoms with E-state index in [0.29, 0.717) is 5.02 Å². The van der Waals surface area contributed by atoms with Crippen LogP contribution < -0.4 is 0 Å². The highest BCUT2D eigenvalue weighted by molar-refractivity contribution is 6.30. The Balaban J connectivity index is 0.00000261. The molecule has 1 fully saturated rings. The van der Waals surface area contributed by atoms with Crippen LogP contribution in [0.4, 0.5) is 4.79 Å². The van der Waals surface area contributed by atoms with Crippen LogP contribution in [-0.2, 0) is 11.3 Å². The number of nitrogens with zero attached hydrogens (tertiary/aromatic N) is 2. The normalized spacial score (nSPS) is 15.0. The molecule has 1 heterocycles. The van der Waals surface area contributed by atoms with Crippen molar-refractivity contribution in [2.75, 3.05) is 26.7 Å². The standard InChI is InChI=1S/C21H25ClN2O2.ClH/c1-23(21(25)26-16-17-8-3-2-4-9-17)20(15-24-12-5-6-13-24)18-10-7-11-19(22)14-18;/h2-4,7-11,14,20H,5-6,12-13,15-16H2,1H3;1H. The molecule has 1 aliphatic rings. The van der Waals surface area contributed by atoms with E-state index in [9.17, 15) is 4.79 Å². The summed E-state index contributed by atoms with van der Waals surface area (Å²) in [4.78, 5) is 16.7. The van der Waals surface area contributed by atoms with Crippen molar-refractivity contribution in [2.24, 2.45) is 0 Å². The molecule has 0 spiro atoms. The summed E-state index contributed by atoms with van der Waals surface area (Å²) in [6.45, 7) is 3.21. The van der Waals surface area contributed by atoms with Crippen LogP contribution in [0.1, 0.15) is 30.0 Å². The van der Waals surface area contributed by atoms with Crippen molar-refractivity contribution >= 4 is 30.1 Å². The van der Waals surface area contributed by atoms with Gasteiger partial charge in [0.25, 0.3) is 0 Å². The molecule has 2 aromatic carbocycles. The van der Waals surface area contributed by atoms with E-state index in [1.54, 1.807) is 11.9 Å². The molecule has 0 aromatic heterocycles. The molecule has 0 radical (unpaired) electrons. The summed E-state index contributed by atoms with van der Waals surface area (Å²) < 4.78 is 5.52. The number of carbonyl (C=O) groups is 1. The second-order valence-electron chi connectivity index (χ2n) is 6.73. The Morgan fingerprint density at radius 2 is 1.85 bits per heavy atom. The molecule has 3 rings (SSSR count). The maximum Gasteiger partial charge on any atom is 0.410 e. The van der Waals surface area contributed by atoms with E-state index in [2.05, 4.69) is 4.90 Å². The Morgan fingerprint density at radius 3 is 2.52 bits per heavy atom. The number of hydrogen-bond donors (Lipinski definition) is 0. The lowest BCUT2D eigenvalue weighted by atomic mass is 10.1. The summed E-state index contributed by atoms with van der Waals surface area (Å²) >= 11 is 6.18. The molecule has 2 aromatic rings. The Bertz CT molecular complexity index is 721. The first-order chi connectivity index (χ1) is 12.6. The van der Waals surface area contributed by atoms with Gasteiger partial charge in [0.05, 0.1) is 6.04 Å². The Kier molecular flexibility index (Phi) is 8.42. The van der Waals surface area contributed by atoms with Crippen molar-refractivity contribution in [3.05, 3.63) is 70.7 Å². The molecule has 0 saturated carbocycles. The van der Waals surface area contributed by atoms with E-state index in [1.807, 2.05) is 54.6 Å². The number of benzene rings is 2. The van der Waals surface area contributed by atoms with Crippen LogP contribution in [0.5, 0.6) is 0 Å². The van der Waals surface area contributed by atoms with E-state index in [0.717, 1.165) is 30.8 Å². The number of halogens is 2. The fourth-order valence-corrected chi connectivity index (χ4v) is 3.52. The van der Waals surface area contributed by atoms with Crippen LogP contribution in [0, 0.1) is 0 Å². The molecule has 1 unspecified atom stereocenters. The quantitative estimate of drug-likeness (QED) is 0.660. The van der Waals surface area contributed by atoms with E-state index in [1.165, 1.54) is 12.8 Å². The molecule has 0 aliphatic carbocycles. The number of likely N-dealkylation sites (N-methyl/N-ethyl adjacent to an activating group) is 1. The van der Waals surface area contributed by atoms with Gasteiger partial charge in [-0.25, -0.2) is 4.79 Å². The van der Waals surface area contributed by atoms with Gasteiger partial charge in [-0.1, -0.05) is 54.1 Å². The van der Waals surface area contributed by atoms with Gasteiger partial charge < -0.3 is 14.5 Å². The lowest BCUT2D eigenvalue weighted by molar-refractivity contribution is 0.0834. The maximum atomic E-state index is 12.6. The molecule has 1 amide bonds. The molecule has 0 bridgehead atoms. The van der Waals surface area contributed by atoms with Gasteiger partial charge in [0.1, 0.15) is 6.61 Å². The Hall–Kier alpha value is -1.75. The first-order valence-corrected chi connectivity index (χ1v) is 9.42. The van der Waals surface area contributed by atoms with Crippen LogP contribution in [0.3, 0.4) is 0 Å². The predicted molar refractivity (Wildman–Crippen MR) is 112 cm³/mol. The van der Waals surface area contributed by atoms with E-state index in [4.69, 9.17) is 16.3 Å². The molecular weight excluding hydrogens is 383 g/mol. The van der Waals surface area contributed by atoms with Crippen LogP contribution in [0.15, 0.2) is 54.6 Å². The first kappa shape index (κ1) is 21.5. The summed E-state index contributed by atoms with van der Waals surface area (Å²) in [5.74, 6) is 0. The van der Waals surface area contributed by atoms with Gasteiger partial charge in [-0.05, 0) is 49.2 Å². The average molecular weight is 409 g/mol. The maximum absolute atomic E-state index is 12.6. The third kappa shape index (κ3) is 6.13. The van der Waals surface area contributed by atoms with Crippen LogP contribution in [0.2, 0.25) is 5.02 Å². The van der Waals surface area contributed by atoms with Crippen molar-refractivity contribution < 1.29 is 9.53 Å². The highest BCUT2D eigenvalue weighted by Crippen LogP contribution is 2.26. The van der Waals surface area contributed by atoms with Crippen molar-refractivity contribution in [3.63, 3.8) is 0 Å². The number of hydrogen-bond acceptors (Lipinski definition) is 3. The fraction of sp³-hybridized carbons (Fsp3) is 0.381. The van der Waals surface area contributed by atoms with E-state index < -0.39 is 0 Å². The third-order valence-electron chi connectivity index (χ3n) is 4.82. The summed E-state index contributed by atoms with van der Waals surface area (Å²) in [6, 6.07) is 17.4. The summed E-state index contributed by atoms with van der Waals surface area (Å²) in [5, 5.41) is 0.681. The smallest absolute Gasteiger partial charge is 0.410 e. The van der Waals surface area contributed by atoms with Crippen LogP contribution >= 0.6 is 24.0 Å². The molecule has 6 heteroatoms. The molecule has 1 saturated heterocycles. The van der Waals surface area contributed by atoms with Gasteiger partial charge >= 0.3 is 6.09 Å². The van der Waals surface area contributed by atoms with Crippen molar-refractivity contribution in [3.8, 4) is 0 Å². The lowest BCUT2D eigenvalue weighted by Gasteiger charge is -2.31. The molecule has 27 heavy (non-hydrogen) atoms. The number of carbonyl (C=O) groups excluding carboxylic acids is 1. The largest absolute Gasteiger partial charge is 0.445 e. The van der Waals surface area contributed by atoms with Gasteiger partial charge in [0.15, 0.2) is 0 Å². The Labute approximate surface area is 172 Å². The third-order valence-corrected chi connectivity index (χ3v) is 5.06. The van der Waals surface area contributed by atoms with Gasteiger partial charge in [-0.15, -0.1) is 12.4 Å². The zero-order valence-electron chi connectivity index (χ0n) is 15.5. The lowest BCUT2D eigenvalue weighted by Crippen LogP contribution is -2.38. The summed E-state index contributed by atoms with van der Waals surface area (Å²) in [5.41, 5.74) is 2.01. The molecule has 4 nitrogen and oxygen atoms in total. The number of ether oxygens (including phenoxy) is 1. The molecule has 0 N–H and O–H groups in total. The minimum atomic E-state index is -0.321. The van der Waals surface area contributed by atoms with Gasteiger partial charge in [0, 0.05) is 18.6 Å². The minimum Gasteiger partial charge on any atom is -0.445 e. The van der Waals surface area contributed by atoms with E-state index >= 15 is 0 Å². The molecular formula is C21H26Cl2N2O2. The zero-order chi connectivity index (χ0) is 18.4. The van der Waals surface area contributed by atoms with Crippen LogP contribution in [-0.4, -0.2) is 42.6 Å². The number of likely N-dealkylation sites (tertiary alicyclic amines) is 1. The number of rotatable bonds is 6. The summed E-state index contributed by atoms with van der Waals surface area (Å²) in [7, 11) is 1.80. The zero-order valence-corrected chi connectivity index (χ0v) is 17.1.